The first-order chi connectivity index (χ1) is 7.57. The average Bonchev–Trinajstić information content (AvgIpc) is 2.70. The standard InChI is InChI=1S/C12H24N2O2/c1-4-7-13-11(15)10(2)14-9-12(3)6-5-8-16-12/h10,14H,4-9H2,1-3H3,(H,13,15). The predicted octanol–water partition coefficient (Wildman–Crippen LogP) is 1.06. The Hall–Kier alpha value is -0.610. The normalized spacial score (nSPS) is 26.7. The van der Waals surface area contributed by atoms with Crippen molar-refractivity contribution in [1.82, 2.24) is 10.6 Å². The third kappa shape index (κ3) is 4.10. The van der Waals surface area contributed by atoms with E-state index in [9.17, 15) is 4.79 Å². The number of nitrogens with one attached hydrogen (secondary N) is 2. The van der Waals surface area contributed by atoms with Gasteiger partial charge in [-0.3, -0.25) is 4.79 Å². The average molecular weight is 228 g/mol. The number of amides is 1. The largest absolute Gasteiger partial charge is 0.374 e. The highest BCUT2D eigenvalue weighted by molar-refractivity contribution is 5.81. The first-order valence-corrected chi connectivity index (χ1v) is 6.22. The Kier molecular flexibility index (Phi) is 5.22. The van der Waals surface area contributed by atoms with Gasteiger partial charge in [-0.2, -0.15) is 0 Å². The summed E-state index contributed by atoms with van der Waals surface area (Å²) in [6, 6.07) is -0.146. The molecule has 2 atom stereocenters. The van der Waals surface area contributed by atoms with Crippen LogP contribution in [0.4, 0.5) is 0 Å². The van der Waals surface area contributed by atoms with E-state index in [0.29, 0.717) is 0 Å². The van der Waals surface area contributed by atoms with Crippen LogP contribution in [0.1, 0.15) is 40.0 Å². The quantitative estimate of drug-likeness (QED) is 0.714. The van der Waals surface area contributed by atoms with Crippen LogP contribution in [0.15, 0.2) is 0 Å². The van der Waals surface area contributed by atoms with Gasteiger partial charge in [0.1, 0.15) is 0 Å². The van der Waals surface area contributed by atoms with E-state index in [4.69, 9.17) is 4.74 Å². The molecule has 94 valence electrons. The molecule has 16 heavy (non-hydrogen) atoms. The van der Waals surface area contributed by atoms with E-state index in [2.05, 4.69) is 17.6 Å². The Balaban J connectivity index is 2.23. The molecular formula is C12H24N2O2. The highest BCUT2D eigenvalue weighted by atomic mass is 16.5. The topological polar surface area (TPSA) is 50.4 Å². The highest BCUT2D eigenvalue weighted by Crippen LogP contribution is 2.23. The summed E-state index contributed by atoms with van der Waals surface area (Å²) in [5.74, 6) is 0.0726. The minimum absolute atomic E-state index is 0.0726. The van der Waals surface area contributed by atoms with E-state index in [-0.39, 0.29) is 17.6 Å². The summed E-state index contributed by atoms with van der Waals surface area (Å²) in [6.07, 6.45) is 3.16. The first kappa shape index (κ1) is 13.5. The van der Waals surface area contributed by atoms with E-state index >= 15 is 0 Å². The number of carbonyl (C=O) groups excluding carboxylic acids is 1. The molecule has 0 saturated carbocycles. The zero-order valence-electron chi connectivity index (χ0n) is 10.6. The molecule has 1 heterocycles. The Bertz CT molecular complexity index is 225. The molecular weight excluding hydrogens is 204 g/mol. The van der Waals surface area contributed by atoms with Gasteiger partial charge in [-0.15, -0.1) is 0 Å². The minimum atomic E-state index is -0.146. The maximum atomic E-state index is 11.6. The lowest BCUT2D eigenvalue weighted by Gasteiger charge is -2.25. The van der Waals surface area contributed by atoms with Crippen molar-refractivity contribution in [2.24, 2.45) is 0 Å². The molecule has 0 aromatic rings. The summed E-state index contributed by atoms with van der Waals surface area (Å²) in [7, 11) is 0. The molecule has 1 fully saturated rings. The van der Waals surface area contributed by atoms with Gasteiger partial charge in [0.05, 0.1) is 11.6 Å². The Labute approximate surface area is 98.1 Å². The van der Waals surface area contributed by atoms with Crippen LogP contribution in [-0.4, -0.2) is 37.2 Å². The molecule has 1 aliphatic rings. The summed E-state index contributed by atoms with van der Waals surface area (Å²) in [5, 5.41) is 6.11. The van der Waals surface area contributed by atoms with Crippen LogP contribution in [0.25, 0.3) is 0 Å². The van der Waals surface area contributed by atoms with Crippen molar-refractivity contribution in [2.75, 3.05) is 19.7 Å². The van der Waals surface area contributed by atoms with Crippen LogP contribution in [0.5, 0.6) is 0 Å². The monoisotopic (exact) mass is 228 g/mol. The van der Waals surface area contributed by atoms with Crippen molar-refractivity contribution in [3.63, 3.8) is 0 Å². The van der Waals surface area contributed by atoms with Crippen LogP contribution in [-0.2, 0) is 9.53 Å². The first-order valence-electron chi connectivity index (χ1n) is 6.22. The molecule has 1 amide bonds. The van der Waals surface area contributed by atoms with E-state index in [1.54, 1.807) is 0 Å². The Morgan fingerprint density at radius 1 is 1.56 bits per heavy atom. The summed E-state index contributed by atoms with van der Waals surface area (Å²) in [4.78, 5) is 11.6. The number of hydrogen-bond acceptors (Lipinski definition) is 3. The van der Waals surface area contributed by atoms with Crippen molar-refractivity contribution >= 4 is 5.91 Å². The maximum absolute atomic E-state index is 11.6. The van der Waals surface area contributed by atoms with Crippen LogP contribution in [0, 0.1) is 0 Å². The van der Waals surface area contributed by atoms with E-state index < -0.39 is 0 Å². The molecule has 2 unspecified atom stereocenters. The second-order valence-corrected chi connectivity index (χ2v) is 4.80. The second kappa shape index (κ2) is 6.21. The number of rotatable bonds is 6. The van der Waals surface area contributed by atoms with E-state index in [1.807, 2.05) is 13.8 Å². The van der Waals surface area contributed by atoms with Crippen LogP contribution in [0.2, 0.25) is 0 Å². The number of hydrogen-bond donors (Lipinski definition) is 2. The minimum Gasteiger partial charge on any atom is -0.374 e. The number of ether oxygens (including phenoxy) is 1. The lowest BCUT2D eigenvalue weighted by atomic mass is 10.0. The van der Waals surface area contributed by atoms with Crippen molar-refractivity contribution in [3.8, 4) is 0 Å². The summed E-state index contributed by atoms with van der Waals surface area (Å²) >= 11 is 0. The van der Waals surface area contributed by atoms with Crippen molar-refractivity contribution in [3.05, 3.63) is 0 Å². The molecule has 1 saturated heterocycles. The molecule has 0 aromatic carbocycles. The van der Waals surface area contributed by atoms with Gasteiger partial charge in [-0.05, 0) is 33.1 Å². The van der Waals surface area contributed by atoms with Crippen LogP contribution < -0.4 is 10.6 Å². The highest BCUT2D eigenvalue weighted by Gasteiger charge is 2.30. The van der Waals surface area contributed by atoms with Gasteiger partial charge in [-0.1, -0.05) is 6.92 Å². The molecule has 4 nitrogen and oxygen atoms in total. The molecule has 1 rings (SSSR count). The van der Waals surface area contributed by atoms with Crippen LogP contribution >= 0.6 is 0 Å². The Morgan fingerprint density at radius 2 is 2.31 bits per heavy atom. The van der Waals surface area contributed by atoms with Gasteiger partial charge in [0, 0.05) is 19.7 Å². The summed E-state index contributed by atoms with van der Waals surface area (Å²) in [5.41, 5.74) is -0.0840. The lowest BCUT2D eigenvalue weighted by Crippen LogP contribution is -2.48. The van der Waals surface area contributed by atoms with Gasteiger partial charge in [0.2, 0.25) is 5.91 Å². The fourth-order valence-corrected chi connectivity index (χ4v) is 1.84. The van der Waals surface area contributed by atoms with Gasteiger partial charge in [0.15, 0.2) is 0 Å². The molecule has 0 spiro atoms. The molecule has 0 aliphatic carbocycles. The molecule has 0 bridgehead atoms. The maximum Gasteiger partial charge on any atom is 0.236 e. The summed E-state index contributed by atoms with van der Waals surface area (Å²) < 4.78 is 5.66. The van der Waals surface area contributed by atoms with Crippen molar-refractivity contribution in [1.29, 1.82) is 0 Å². The SMILES string of the molecule is CCCNC(=O)C(C)NCC1(C)CCCO1. The molecule has 0 radical (unpaired) electrons. The van der Waals surface area contributed by atoms with Gasteiger partial charge in [-0.25, -0.2) is 0 Å². The summed E-state index contributed by atoms with van der Waals surface area (Å²) in [6.45, 7) is 8.37. The molecule has 4 heteroatoms. The molecule has 2 N–H and O–H groups in total. The van der Waals surface area contributed by atoms with Gasteiger partial charge in [0.25, 0.3) is 0 Å². The fraction of sp³-hybridized carbons (Fsp3) is 0.917. The third-order valence-corrected chi connectivity index (χ3v) is 3.03. The third-order valence-electron chi connectivity index (χ3n) is 3.03. The Morgan fingerprint density at radius 3 is 2.88 bits per heavy atom. The number of carbonyl (C=O) groups is 1. The fourth-order valence-electron chi connectivity index (χ4n) is 1.84. The van der Waals surface area contributed by atoms with E-state index in [1.165, 1.54) is 0 Å². The lowest BCUT2D eigenvalue weighted by molar-refractivity contribution is -0.123. The van der Waals surface area contributed by atoms with Gasteiger partial charge < -0.3 is 15.4 Å². The van der Waals surface area contributed by atoms with E-state index in [0.717, 1.165) is 39.0 Å². The second-order valence-electron chi connectivity index (χ2n) is 4.80. The van der Waals surface area contributed by atoms with Crippen molar-refractivity contribution < 1.29 is 9.53 Å². The zero-order valence-corrected chi connectivity index (χ0v) is 10.6. The molecule has 0 aromatic heterocycles. The van der Waals surface area contributed by atoms with Gasteiger partial charge >= 0.3 is 0 Å². The zero-order chi connectivity index (χ0) is 12.0. The predicted molar refractivity (Wildman–Crippen MR) is 64.4 cm³/mol. The smallest absolute Gasteiger partial charge is 0.236 e. The van der Waals surface area contributed by atoms with Crippen LogP contribution in [0.3, 0.4) is 0 Å². The van der Waals surface area contributed by atoms with Crippen molar-refractivity contribution in [2.45, 2.75) is 51.7 Å². The molecule has 1 aliphatic heterocycles.